The molecule has 0 N–H and O–H groups in total. The summed E-state index contributed by atoms with van der Waals surface area (Å²) >= 11 is 5.75. The molecule has 0 spiro atoms. The van der Waals surface area contributed by atoms with Crippen molar-refractivity contribution >= 4 is 27.3 Å². The van der Waals surface area contributed by atoms with Crippen molar-refractivity contribution in [1.82, 2.24) is 0 Å². The lowest BCUT2D eigenvalue weighted by molar-refractivity contribution is 0.408. The highest BCUT2D eigenvalue weighted by atomic mass is 79.9. The molecule has 2 rings (SSSR count). The van der Waals surface area contributed by atoms with Gasteiger partial charge in [-0.05, 0) is 36.1 Å². The predicted molar refractivity (Wildman–Crippen MR) is 67.2 cm³/mol. The smallest absolute Gasteiger partial charge is 0.0224 e. The number of hydrogen-bond acceptors (Lipinski definition) is 1. The topological polar surface area (TPSA) is 0 Å². The Morgan fingerprint density at radius 1 is 1.57 bits per heavy atom. The van der Waals surface area contributed by atoms with Crippen LogP contribution in [0, 0.1) is 11.8 Å². The van der Waals surface area contributed by atoms with E-state index in [1.54, 1.807) is 0 Å². The summed E-state index contributed by atoms with van der Waals surface area (Å²) in [7, 11) is 0. The zero-order valence-electron chi connectivity index (χ0n) is 8.58. The molecule has 3 atom stereocenters. The molecule has 1 aromatic rings. The molecule has 0 nitrogen and oxygen atoms in total. The maximum Gasteiger partial charge on any atom is 0.0224 e. The first-order valence-electron chi connectivity index (χ1n) is 5.44. The van der Waals surface area contributed by atoms with Gasteiger partial charge in [-0.1, -0.05) is 41.8 Å². The third-order valence-corrected chi connectivity index (χ3v) is 5.27. The highest BCUT2D eigenvalue weighted by molar-refractivity contribution is 9.09. The first-order valence-corrected chi connectivity index (χ1v) is 7.23. The maximum atomic E-state index is 3.87. The average Bonchev–Trinajstić information content (AvgIpc) is 2.75. The molecule has 1 saturated carbocycles. The third-order valence-electron chi connectivity index (χ3n) is 3.37. The average molecular weight is 273 g/mol. The molecule has 0 aliphatic heterocycles. The van der Waals surface area contributed by atoms with Gasteiger partial charge < -0.3 is 0 Å². The fourth-order valence-corrected chi connectivity index (χ4v) is 4.60. The van der Waals surface area contributed by atoms with Crippen LogP contribution in [0.1, 0.15) is 31.1 Å². The second-order valence-corrected chi connectivity index (χ2v) is 6.58. The minimum absolute atomic E-state index is 0.693. The molecule has 0 bridgehead atoms. The van der Waals surface area contributed by atoms with Gasteiger partial charge in [-0.25, -0.2) is 0 Å². The zero-order chi connectivity index (χ0) is 9.97. The number of rotatable bonds is 3. The lowest BCUT2D eigenvalue weighted by Crippen LogP contribution is -2.18. The van der Waals surface area contributed by atoms with Gasteiger partial charge in [0.15, 0.2) is 0 Å². The van der Waals surface area contributed by atoms with Crippen molar-refractivity contribution in [2.75, 3.05) is 0 Å². The summed E-state index contributed by atoms with van der Waals surface area (Å²) in [5.74, 6) is 1.82. The summed E-state index contributed by atoms with van der Waals surface area (Å²) in [4.78, 5) is 2.21. The maximum absolute atomic E-state index is 3.87. The van der Waals surface area contributed by atoms with Gasteiger partial charge in [0.05, 0.1) is 0 Å². The molecule has 1 aliphatic rings. The zero-order valence-corrected chi connectivity index (χ0v) is 11.0. The molecule has 2 heteroatoms. The van der Waals surface area contributed by atoms with Crippen molar-refractivity contribution in [3.05, 3.63) is 22.4 Å². The minimum atomic E-state index is 0.693. The van der Waals surface area contributed by atoms with Crippen LogP contribution in [-0.2, 0) is 6.42 Å². The van der Waals surface area contributed by atoms with E-state index < -0.39 is 0 Å². The van der Waals surface area contributed by atoms with Crippen LogP contribution < -0.4 is 0 Å². The first-order chi connectivity index (χ1) is 6.77. The van der Waals surface area contributed by atoms with E-state index in [-0.39, 0.29) is 0 Å². The van der Waals surface area contributed by atoms with Crippen LogP contribution in [0.15, 0.2) is 17.5 Å². The Hall–Kier alpha value is 0.180. The minimum Gasteiger partial charge on any atom is -0.149 e. The number of thiophene rings is 1. The first kappa shape index (κ1) is 10.7. The van der Waals surface area contributed by atoms with Gasteiger partial charge in [-0.2, -0.15) is 0 Å². The van der Waals surface area contributed by atoms with Crippen molar-refractivity contribution in [3.8, 4) is 0 Å². The Balaban J connectivity index is 1.92. The molecule has 1 aliphatic carbocycles. The molecular weight excluding hydrogens is 256 g/mol. The lowest BCUT2D eigenvalue weighted by atomic mass is 9.93. The van der Waals surface area contributed by atoms with Crippen LogP contribution in [-0.4, -0.2) is 4.83 Å². The van der Waals surface area contributed by atoms with E-state index in [2.05, 4.69) is 40.4 Å². The van der Waals surface area contributed by atoms with E-state index in [0.29, 0.717) is 4.83 Å². The Morgan fingerprint density at radius 3 is 3.00 bits per heavy atom. The molecule has 3 unspecified atom stereocenters. The second kappa shape index (κ2) is 4.80. The summed E-state index contributed by atoms with van der Waals surface area (Å²) in [6.07, 6.45) is 5.49. The van der Waals surface area contributed by atoms with Crippen molar-refractivity contribution in [2.24, 2.45) is 11.8 Å². The number of halogens is 1. The fraction of sp³-hybridized carbons (Fsp3) is 0.667. The molecule has 14 heavy (non-hydrogen) atoms. The van der Waals surface area contributed by atoms with Crippen molar-refractivity contribution in [3.63, 3.8) is 0 Å². The van der Waals surface area contributed by atoms with Crippen molar-refractivity contribution < 1.29 is 0 Å². The van der Waals surface area contributed by atoms with Crippen LogP contribution in [0.5, 0.6) is 0 Å². The Morgan fingerprint density at radius 2 is 2.43 bits per heavy atom. The van der Waals surface area contributed by atoms with Gasteiger partial charge >= 0.3 is 0 Å². The Bertz CT molecular complexity index is 268. The summed E-state index contributed by atoms with van der Waals surface area (Å²) in [5.41, 5.74) is 0. The summed E-state index contributed by atoms with van der Waals surface area (Å²) in [6, 6.07) is 4.40. The van der Waals surface area contributed by atoms with Crippen molar-refractivity contribution in [2.45, 2.75) is 37.4 Å². The summed E-state index contributed by atoms with van der Waals surface area (Å²) in [5, 5.41) is 2.17. The lowest BCUT2D eigenvalue weighted by Gasteiger charge is -2.21. The quantitative estimate of drug-likeness (QED) is 0.712. The SMILES string of the molecule is CC1CCCC1C(Br)Cc1cccs1. The van der Waals surface area contributed by atoms with Gasteiger partial charge in [0.25, 0.3) is 0 Å². The number of hydrogen-bond donors (Lipinski definition) is 0. The van der Waals surface area contributed by atoms with E-state index in [1.807, 2.05) is 11.3 Å². The molecule has 1 aromatic heterocycles. The van der Waals surface area contributed by atoms with Crippen LogP contribution in [0.2, 0.25) is 0 Å². The molecule has 0 radical (unpaired) electrons. The Labute approximate surface area is 98.9 Å². The molecule has 0 aromatic carbocycles. The van der Waals surface area contributed by atoms with Gasteiger partial charge in [-0.15, -0.1) is 11.3 Å². The van der Waals surface area contributed by atoms with E-state index in [0.717, 1.165) is 11.8 Å². The van der Waals surface area contributed by atoms with Gasteiger partial charge in [-0.3, -0.25) is 0 Å². The highest BCUT2D eigenvalue weighted by Crippen LogP contribution is 2.38. The summed E-state index contributed by atoms with van der Waals surface area (Å²) in [6.45, 7) is 2.40. The standard InChI is InChI=1S/C12H17BrS/c1-9-4-2-6-11(9)12(13)8-10-5-3-7-14-10/h3,5,7,9,11-12H,2,4,6,8H2,1H3. The van der Waals surface area contributed by atoms with E-state index in [1.165, 1.54) is 30.6 Å². The molecule has 1 fully saturated rings. The van der Waals surface area contributed by atoms with Crippen LogP contribution in [0.4, 0.5) is 0 Å². The molecule has 1 heterocycles. The molecule has 0 saturated heterocycles. The van der Waals surface area contributed by atoms with Gasteiger partial charge in [0.2, 0.25) is 0 Å². The van der Waals surface area contributed by atoms with E-state index in [9.17, 15) is 0 Å². The second-order valence-electron chi connectivity index (χ2n) is 4.37. The fourth-order valence-electron chi connectivity index (χ4n) is 2.48. The van der Waals surface area contributed by atoms with E-state index >= 15 is 0 Å². The van der Waals surface area contributed by atoms with Crippen LogP contribution >= 0.6 is 27.3 Å². The van der Waals surface area contributed by atoms with Crippen molar-refractivity contribution in [1.29, 1.82) is 0 Å². The predicted octanol–water partition coefficient (Wildman–Crippen LogP) is 4.49. The molecule has 78 valence electrons. The van der Waals surface area contributed by atoms with Crippen LogP contribution in [0.25, 0.3) is 0 Å². The summed E-state index contributed by atoms with van der Waals surface area (Å²) < 4.78 is 0. The largest absolute Gasteiger partial charge is 0.149 e. The van der Waals surface area contributed by atoms with Gasteiger partial charge in [0.1, 0.15) is 0 Å². The normalized spacial score (nSPS) is 29.3. The van der Waals surface area contributed by atoms with Gasteiger partial charge in [0, 0.05) is 9.70 Å². The number of alkyl halides is 1. The third kappa shape index (κ3) is 2.40. The molecular formula is C12H17BrS. The monoisotopic (exact) mass is 272 g/mol. The van der Waals surface area contributed by atoms with E-state index in [4.69, 9.17) is 0 Å². The highest BCUT2D eigenvalue weighted by Gasteiger charge is 2.29. The molecule has 0 amide bonds. The Kier molecular flexibility index (Phi) is 3.67. The van der Waals surface area contributed by atoms with Crippen LogP contribution in [0.3, 0.4) is 0 Å².